The van der Waals surface area contributed by atoms with Crippen LogP contribution in [0.3, 0.4) is 0 Å². The Balaban J connectivity index is 1.11. The molecule has 1 N–H and O–H groups in total. The molecule has 1 aliphatic heterocycles. The number of anilines is 1. The molecule has 5 heterocycles. The van der Waals surface area contributed by atoms with E-state index in [4.69, 9.17) is 14.2 Å². The number of nitrogens with zero attached hydrogens (tertiary/aromatic N) is 4. The van der Waals surface area contributed by atoms with Gasteiger partial charge in [0.25, 0.3) is 11.5 Å². The number of fused-ring (bicyclic) bond motifs is 1. The number of benzene rings is 2. The summed E-state index contributed by atoms with van der Waals surface area (Å²) in [5.74, 6) is -4.18. The van der Waals surface area contributed by atoms with E-state index in [1.807, 2.05) is 24.4 Å². The second-order valence-electron chi connectivity index (χ2n) is 11.5. The molecule has 1 fully saturated rings. The maximum absolute atomic E-state index is 15.5. The zero-order valence-electron chi connectivity index (χ0n) is 27.2. The Morgan fingerprint density at radius 1 is 0.961 bits per heavy atom. The third-order valence-electron chi connectivity index (χ3n) is 8.12. The van der Waals surface area contributed by atoms with Gasteiger partial charge in [0, 0.05) is 67.8 Å². The van der Waals surface area contributed by atoms with Crippen LogP contribution >= 0.6 is 11.3 Å². The van der Waals surface area contributed by atoms with Crippen molar-refractivity contribution in [3.63, 3.8) is 0 Å². The van der Waals surface area contributed by atoms with Gasteiger partial charge in [0.1, 0.15) is 22.9 Å². The van der Waals surface area contributed by atoms with Gasteiger partial charge < -0.3 is 19.5 Å². The minimum absolute atomic E-state index is 0.0320. The number of ether oxygens (including phenoxy) is 3. The van der Waals surface area contributed by atoms with Gasteiger partial charge in [-0.25, -0.2) is 13.2 Å². The fraction of sp³-hybridized carbons (Fsp3) is 0.189. The van der Waals surface area contributed by atoms with Crippen LogP contribution < -0.4 is 20.3 Å². The van der Waals surface area contributed by atoms with E-state index < -0.39 is 40.2 Å². The number of halogens is 3. The summed E-state index contributed by atoms with van der Waals surface area (Å²) in [5, 5.41) is 2.39. The van der Waals surface area contributed by atoms with Crippen molar-refractivity contribution in [2.45, 2.75) is 13.5 Å². The van der Waals surface area contributed by atoms with E-state index in [2.05, 4.69) is 20.2 Å². The molecule has 7 rings (SSSR count). The molecule has 0 bridgehead atoms. The van der Waals surface area contributed by atoms with Crippen molar-refractivity contribution < 1.29 is 32.2 Å². The van der Waals surface area contributed by atoms with E-state index in [9.17, 15) is 14.0 Å². The summed E-state index contributed by atoms with van der Waals surface area (Å²) in [7, 11) is 0. The summed E-state index contributed by atoms with van der Waals surface area (Å²) in [6.45, 7) is 5.77. The summed E-state index contributed by atoms with van der Waals surface area (Å²) < 4.78 is 62.8. The zero-order chi connectivity index (χ0) is 35.5. The van der Waals surface area contributed by atoms with Crippen molar-refractivity contribution in [2.24, 2.45) is 0 Å². The van der Waals surface area contributed by atoms with E-state index in [1.165, 1.54) is 60.1 Å². The molecule has 0 aliphatic carbocycles. The normalized spacial score (nSPS) is 13.3. The predicted octanol–water partition coefficient (Wildman–Crippen LogP) is 7.20. The molecule has 1 aliphatic rings. The van der Waals surface area contributed by atoms with Crippen molar-refractivity contribution >= 4 is 33.1 Å². The molecule has 0 spiro atoms. The van der Waals surface area contributed by atoms with E-state index in [0.717, 1.165) is 52.5 Å². The van der Waals surface area contributed by atoms with Crippen molar-refractivity contribution in [1.82, 2.24) is 19.4 Å². The quantitative estimate of drug-likeness (QED) is 0.159. The minimum Gasteiger partial charge on any atom is -0.493 e. The third kappa shape index (κ3) is 7.33. The lowest BCUT2D eigenvalue weighted by Crippen LogP contribution is -2.35. The molecule has 0 radical (unpaired) electrons. The molecule has 1 amide bonds. The number of hydrogen-bond donors (Lipinski definition) is 1. The van der Waals surface area contributed by atoms with Gasteiger partial charge in [-0.05, 0) is 55.0 Å². The first-order chi connectivity index (χ1) is 24.8. The van der Waals surface area contributed by atoms with Crippen LogP contribution in [-0.4, -0.2) is 58.3 Å². The van der Waals surface area contributed by atoms with E-state index in [0.29, 0.717) is 29.1 Å². The van der Waals surface area contributed by atoms with Crippen molar-refractivity contribution in [3.8, 4) is 33.5 Å². The smallest absolute Gasteiger partial charge is 0.271 e. The first-order valence-electron chi connectivity index (χ1n) is 16.0. The highest BCUT2D eigenvalue weighted by atomic mass is 32.1. The summed E-state index contributed by atoms with van der Waals surface area (Å²) >= 11 is 1.32. The van der Waals surface area contributed by atoms with Crippen LogP contribution in [0.1, 0.15) is 22.8 Å². The molecule has 10 nitrogen and oxygen atoms in total. The zero-order valence-corrected chi connectivity index (χ0v) is 28.0. The molecule has 260 valence electrons. The number of hydrogen-bond acceptors (Lipinski definition) is 9. The van der Waals surface area contributed by atoms with Gasteiger partial charge in [-0.1, -0.05) is 6.07 Å². The maximum Gasteiger partial charge on any atom is 0.271 e. The molecule has 0 unspecified atom stereocenters. The third-order valence-corrected chi connectivity index (χ3v) is 9.28. The lowest BCUT2D eigenvalue weighted by Gasteiger charge is -2.26. The highest BCUT2D eigenvalue weighted by Crippen LogP contribution is 2.40. The van der Waals surface area contributed by atoms with Gasteiger partial charge >= 0.3 is 0 Å². The summed E-state index contributed by atoms with van der Waals surface area (Å²) in [4.78, 5) is 38.9. The van der Waals surface area contributed by atoms with Gasteiger partial charge in [-0.15, -0.1) is 11.3 Å². The van der Waals surface area contributed by atoms with Crippen LogP contribution in [0.15, 0.2) is 90.1 Å². The van der Waals surface area contributed by atoms with Crippen LogP contribution in [0.4, 0.5) is 18.9 Å². The SMILES string of the molecule is CCOc1ccn(-c2ccc(F)cc2)c(=O)c1C(=O)Nc1cc(F)c(Oc2ccnc3cc(-c4ccc(CN5CCOCC5)cn4)sc23)c(F)c1. The first-order valence-corrected chi connectivity index (χ1v) is 16.9. The molecule has 6 aromatic rings. The second kappa shape index (κ2) is 14.7. The predicted molar refractivity (Wildman–Crippen MR) is 186 cm³/mol. The number of nitrogens with one attached hydrogen (secondary N) is 1. The average Bonchev–Trinajstić information content (AvgIpc) is 3.57. The van der Waals surface area contributed by atoms with Gasteiger partial charge in [0.15, 0.2) is 17.4 Å². The Labute approximate surface area is 293 Å². The fourth-order valence-electron chi connectivity index (χ4n) is 5.64. The molecule has 51 heavy (non-hydrogen) atoms. The number of aromatic nitrogens is 3. The Bertz CT molecular complexity index is 2250. The van der Waals surface area contributed by atoms with Crippen molar-refractivity contribution in [1.29, 1.82) is 0 Å². The molecular weight excluding hydrogens is 683 g/mol. The molecule has 0 saturated carbocycles. The Kier molecular flexibility index (Phi) is 9.79. The molecule has 1 saturated heterocycles. The van der Waals surface area contributed by atoms with Gasteiger partial charge in [-0.3, -0.25) is 29.0 Å². The standard InChI is InChI=1S/C37H30F3N5O5S/c1-2-49-30-10-12-45(25-6-4-23(38)5-7-25)37(47)33(30)36(46)43-24-17-26(39)34(27(40)18-24)50-31-9-11-41-29-19-32(51-35(29)31)28-8-3-22(20-42-28)21-44-13-15-48-16-14-44/h3-12,17-20H,2,13-16,21H2,1H3,(H,43,46). The first kappa shape index (κ1) is 33.9. The Morgan fingerprint density at radius 2 is 1.73 bits per heavy atom. The molecule has 14 heteroatoms. The Hall–Kier alpha value is -5.57. The number of carbonyl (C=O) groups is 1. The van der Waals surface area contributed by atoms with Crippen LogP contribution in [-0.2, 0) is 11.3 Å². The summed E-state index contributed by atoms with van der Waals surface area (Å²) in [5.41, 5.74) is 1.23. The average molecular weight is 714 g/mol. The van der Waals surface area contributed by atoms with Crippen molar-refractivity contribution in [2.75, 3.05) is 38.2 Å². The van der Waals surface area contributed by atoms with Crippen molar-refractivity contribution in [3.05, 3.63) is 124 Å². The summed E-state index contributed by atoms with van der Waals surface area (Å²) in [6, 6.07) is 15.6. The Morgan fingerprint density at radius 3 is 2.43 bits per heavy atom. The molecular formula is C37H30F3N5O5S. The minimum atomic E-state index is -1.09. The number of morpholine rings is 1. The van der Waals surface area contributed by atoms with Gasteiger partial charge in [0.05, 0.1) is 40.6 Å². The number of thiophene rings is 1. The number of pyridine rings is 3. The van der Waals surface area contributed by atoms with E-state index >= 15 is 8.78 Å². The highest BCUT2D eigenvalue weighted by molar-refractivity contribution is 7.22. The molecule has 0 atom stereocenters. The topological polar surface area (TPSA) is 108 Å². The summed E-state index contributed by atoms with van der Waals surface area (Å²) in [6.07, 6.45) is 4.70. The van der Waals surface area contributed by atoms with E-state index in [1.54, 1.807) is 6.92 Å². The van der Waals surface area contributed by atoms with Crippen LogP contribution in [0, 0.1) is 17.5 Å². The lowest BCUT2D eigenvalue weighted by atomic mass is 10.2. The second-order valence-corrected chi connectivity index (χ2v) is 12.6. The van der Waals surface area contributed by atoms with Crippen LogP contribution in [0.2, 0.25) is 0 Å². The number of rotatable bonds is 10. The lowest BCUT2D eigenvalue weighted by molar-refractivity contribution is 0.0341. The molecule has 4 aromatic heterocycles. The van der Waals surface area contributed by atoms with Crippen LogP contribution in [0.5, 0.6) is 17.2 Å². The van der Waals surface area contributed by atoms with Gasteiger partial charge in [-0.2, -0.15) is 0 Å². The number of amides is 1. The van der Waals surface area contributed by atoms with E-state index in [-0.39, 0.29) is 23.8 Å². The fourth-order valence-corrected chi connectivity index (χ4v) is 6.69. The number of carbonyl (C=O) groups excluding carboxylic acids is 1. The van der Waals surface area contributed by atoms with Gasteiger partial charge in [0.2, 0.25) is 0 Å². The largest absolute Gasteiger partial charge is 0.493 e. The highest BCUT2D eigenvalue weighted by Gasteiger charge is 2.23. The molecule has 2 aromatic carbocycles. The maximum atomic E-state index is 15.5. The monoisotopic (exact) mass is 713 g/mol. The van der Waals surface area contributed by atoms with Crippen LogP contribution in [0.25, 0.3) is 26.5 Å².